The second-order valence-corrected chi connectivity index (χ2v) is 4.49. The Kier molecular flexibility index (Phi) is 2.01. The molecule has 2 aromatic rings. The number of rotatable bonds is 1. The zero-order chi connectivity index (χ0) is 11.2. The summed E-state index contributed by atoms with van der Waals surface area (Å²) in [5.41, 5.74) is 6.94. The van der Waals surface area contributed by atoms with Crippen molar-refractivity contribution in [3.8, 4) is 0 Å². The highest BCUT2D eigenvalue weighted by molar-refractivity contribution is 5.72. The van der Waals surface area contributed by atoms with E-state index < -0.39 is 5.54 Å². The summed E-state index contributed by atoms with van der Waals surface area (Å²) in [6.45, 7) is 0. The first-order valence-corrected chi connectivity index (χ1v) is 5.53. The van der Waals surface area contributed by atoms with Gasteiger partial charge in [0, 0.05) is 6.07 Å². The number of fused-ring (bicyclic) bond motifs is 1. The standard InChI is InChI=1S/C12H13FN2O/c13-8-3-4-9-10(7-8)16-11(15-9)12(14)5-1-2-6-12/h3-4,7H,1-2,5-6,14H2. The van der Waals surface area contributed by atoms with Crippen molar-refractivity contribution in [3.05, 3.63) is 29.9 Å². The fraction of sp³-hybridized carbons (Fsp3) is 0.417. The van der Waals surface area contributed by atoms with Crippen molar-refractivity contribution in [3.63, 3.8) is 0 Å². The maximum Gasteiger partial charge on any atom is 0.215 e. The minimum absolute atomic E-state index is 0.312. The molecule has 0 atom stereocenters. The van der Waals surface area contributed by atoms with Crippen LogP contribution in [-0.4, -0.2) is 4.98 Å². The number of nitrogens with zero attached hydrogens (tertiary/aromatic N) is 1. The van der Waals surface area contributed by atoms with Gasteiger partial charge in [-0.25, -0.2) is 9.37 Å². The van der Waals surface area contributed by atoms with E-state index in [0.29, 0.717) is 17.0 Å². The molecule has 2 N–H and O–H groups in total. The van der Waals surface area contributed by atoms with Crippen molar-refractivity contribution in [1.82, 2.24) is 4.98 Å². The molecule has 0 radical (unpaired) electrons. The number of nitrogens with two attached hydrogens (primary N) is 1. The van der Waals surface area contributed by atoms with Crippen molar-refractivity contribution in [1.29, 1.82) is 0 Å². The summed E-state index contributed by atoms with van der Waals surface area (Å²) in [6.07, 6.45) is 3.98. The highest BCUT2D eigenvalue weighted by Crippen LogP contribution is 2.36. The molecule has 4 heteroatoms. The second-order valence-electron chi connectivity index (χ2n) is 4.49. The van der Waals surface area contributed by atoms with Crippen LogP contribution in [0.15, 0.2) is 22.6 Å². The van der Waals surface area contributed by atoms with Crippen LogP contribution in [0.25, 0.3) is 11.1 Å². The predicted octanol–water partition coefficient (Wildman–Crippen LogP) is 2.69. The number of oxazole rings is 1. The number of aromatic nitrogens is 1. The van der Waals surface area contributed by atoms with E-state index in [0.717, 1.165) is 25.7 Å². The van der Waals surface area contributed by atoms with E-state index in [2.05, 4.69) is 4.98 Å². The highest BCUT2D eigenvalue weighted by atomic mass is 19.1. The van der Waals surface area contributed by atoms with E-state index in [1.54, 1.807) is 6.07 Å². The summed E-state index contributed by atoms with van der Waals surface area (Å²) in [4.78, 5) is 4.35. The van der Waals surface area contributed by atoms with Gasteiger partial charge in [-0.05, 0) is 25.0 Å². The SMILES string of the molecule is NC1(c2nc3ccc(F)cc3o2)CCCC1. The van der Waals surface area contributed by atoms with Gasteiger partial charge in [-0.2, -0.15) is 0 Å². The van der Waals surface area contributed by atoms with Crippen molar-refractivity contribution in [2.45, 2.75) is 31.2 Å². The van der Waals surface area contributed by atoms with E-state index in [9.17, 15) is 4.39 Å². The summed E-state index contributed by atoms with van der Waals surface area (Å²) >= 11 is 0. The number of hydrogen-bond acceptors (Lipinski definition) is 3. The molecule has 0 saturated heterocycles. The first kappa shape index (κ1) is 9.78. The lowest BCUT2D eigenvalue weighted by atomic mass is 10.00. The Bertz CT molecular complexity index is 529. The molecule has 0 spiro atoms. The Morgan fingerprint density at radius 1 is 1.31 bits per heavy atom. The normalized spacial score (nSPS) is 19.4. The molecule has 3 nitrogen and oxygen atoms in total. The Labute approximate surface area is 92.5 Å². The molecule has 1 heterocycles. The van der Waals surface area contributed by atoms with Crippen LogP contribution in [0.3, 0.4) is 0 Å². The molecule has 1 aliphatic carbocycles. The number of hydrogen-bond donors (Lipinski definition) is 1. The highest BCUT2D eigenvalue weighted by Gasteiger charge is 2.36. The zero-order valence-electron chi connectivity index (χ0n) is 8.87. The van der Waals surface area contributed by atoms with Gasteiger partial charge in [0.15, 0.2) is 5.58 Å². The zero-order valence-corrected chi connectivity index (χ0v) is 8.87. The maximum absolute atomic E-state index is 13.0. The Balaban J connectivity index is 2.11. The first-order chi connectivity index (χ1) is 7.67. The van der Waals surface area contributed by atoms with Crippen molar-refractivity contribution in [2.75, 3.05) is 0 Å². The van der Waals surface area contributed by atoms with Crippen LogP contribution in [0.1, 0.15) is 31.6 Å². The monoisotopic (exact) mass is 220 g/mol. The first-order valence-electron chi connectivity index (χ1n) is 5.53. The molecule has 0 bridgehead atoms. The Morgan fingerprint density at radius 2 is 2.06 bits per heavy atom. The maximum atomic E-state index is 13.0. The predicted molar refractivity (Wildman–Crippen MR) is 58.3 cm³/mol. The minimum Gasteiger partial charge on any atom is -0.439 e. The molecule has 0 unspecified atom stereocenters. The van der Waals surface area contributed by atoms with Gasteiger partial charge >= 0.3 is 0 Å². The molecule has 1 fully saturated rings. The summed E-state index contributed by atoms with van der Waals surface area (Å²) in [5.74, 6) is 0.235. The summed E-state index contributed by atoms with van der Waals surface area (Å²) in [6, 6.07) is 4.35. The van der Waals surface area contributed by atoms with Crippen LogP contribution in [-0.2, 0) is 5.54 Å². The quantitative estimate of drug-likeness (QED) is 0.803. The molecule has 3 rings (SSSR count). The third kappa shape index (κ3) is 1.41. The smallest absolute Gasteiger partial charge is 0.215 e. The van der Waals surface area contributed by atoms with Gasteiger partial charge in [0.1, 0.15) is 11.3 Å². The molecule has 1 aliphatic rings. The van der Waals surface area contributed by atoms with Crippen molar-refractivity contribution in [2.24, 2.45) is 5.73 Å². The Hall–Kier alpha value is -1.42. The van der Waals surface area contributed by atoms with Crippen LogP contribution in [0.4, 0.5) is 4.39 Å². The van der Waals surface area contributed by atoms with Gasteiger partial charge in [-0.15, -0.1) is 0 Å². The number of benzene rings is 1. The minimum atomic E-state index is -0.449. The van der Waals surface area contributed by atoms with E-state index >= 15 is 0 Å². The van der Waals surface area contributed by atoms with Crippen LogP contribution in [0.5, 0.6) is 0 Å². The average Bonchev–Trinajstić information content (AvgIpc) is 2.84. The van der Waals surface area contributed by atoms with Gasteiger partial charge < -0.3 is 10.2 Å². The molecule has 0 aliphatic heterocycles. The van der Waals surface area contributed by atoms with Gasteiger partial charge in [-0.1, -0.05) is 12.8 Å². The third-order valence-electron chi connectivity index (χ3n) is 3.27. The molecule has 16 heavy (non-hydrogen) atoms. The molecule has 84 valence electrons. The van der Waals surface area contributed by atoms with E-state index in [-0.39, 0.29) is 5.82 Å². The van der Waals surface area contributed by atoms with Gasteiger partial charge in [0.05, 0.1) is 5.54 Å². The lowest BCUT2D eigenvalue weighted by molar-refractivity contribution is 0.346. The van der Waals surface area contributed by atoms with E-state index in [4.69, 9.17) is 10.2 Å². The fourth-order valence-electron chi connectivity index (χ4n) is 2.33. The molecule has 0 amide bonds. The van der Waals surface area contributed by atoms with Crippen LogP contribution < -0.4 is 5.73 Å². The molecule has 1 aromatic heterocycles. The second kappa shape index (κ2) is 3.28. The average molecular weight is 220 g/mol. The van der Waals surface area contributed by atoms with Gasteiger partial charge in [0.2, 0.25) is 5.89 Å². The van der Waals surface area contributed by atoms with Crippen molar-refractivity contribution >= 4 is 11.1 Å². The fourth-order valence-corrected chi connectivity index (χ4v) is 2.33. The molecular formula is C12H13FN2O. The van der Waals surface area contributed by atoms with E-state index in [1.807, 2.05) is 0 Å². The summed E-state index contributed by atoms with van der Waals surface area (Å²) in [7, 11) is 0. The lowest BCUT2D eigenvalue weighted by Crippen LogP contribution is -2.33. The lowest BCUT2D eigenvalue weighted by Gasteiger charge is -2.18. The molecule has 1 aromatic carbocycles. The molecule has 1 saturated carbocycles. The topological polar surface area (TPSA) is 52.0 Å². The van der Waals surface area contributed by atoms with Crippen LogP contribution in [0.2, 0.25) is 0 Å². The third-order valence-corrected chi connectivity index (χ3v) is 3.27. The Morgan fingerprint density at radius 3 is 2.81 bits per heavy atom. The van der Waals surface area contributed by atoms with Crippen LogP contribution >= 0.6 is 0 Å². The van der Waals surface area contributed by atoms with Gasteiger partial charge in [-0.3, -0.25) is 0 Å². The number of halogens is 1. The summed E-state index contributed by atoms with van der Waals surface area (Å²) in [5, 5.41) is 0. The summed E-state index contributed by atoms with van der Waals surface area (Å²) < 4.78 is 18.6. The van der Waals surface area contributed by atoms with Gasteiger partial charge in [0.25, 0.3) is 0 Å². The van der Waals surface area contributed by atoms with Crippen LogP contribution in [0, 0.1) is 5.82 Å². The molecular weight excluding hydrogens is 207 g/mol. The van der Waals surface area contributed by atoms with Crippen molar-refractivity contribution < 1.29 is 8.81 Å². The largest absolute Gasteiger partial charge is 0.439 e. The van der Waals surface area contributed by atoms with E-state index in [1.165, 1.54) is 12.1 Å².